The monoisotopic (exact) mass is 338 g/mol. The van der Waals surface area contributed by atoms with Gasteiger partial charge in [0.25, 0.3) is 0 Å². The number of aliphatic carboxylic acids is 1. The van der Waals surface area contributed by atoms with Crippen LogP contribution in [0.2, 0.25) is 0 Å². The molecule has 0 amide bonds. The first-order chi connectivity index (χ1) is 11.5. The van der Waals surface area contributed by atoms with Crippen LogP contribution in [-0.4, -0.2) is 23.1 Å². The molecule has 1 N–H and O–H groups in total. The number of carbonyl (C=O) groups is 2. The van der Waals surface area contributed by atoms with Crippen molar-refractivity contribution >= 4 is 11.9 Å². The molecule has 1 rings (SSSR count). The van der Waals surface area contributed by atoms with Crippen molar-refractivity contribution in [3.63, 3.8) is 0 Å². The number of rotatable bonds is 11. The van der Waals surface area contributed by atoms with Crippen LogP contribution in [0.5, 0.6) is 0 Å². The Hall–Kier alpha value is -1.32. The van der Waals surface area contributed by atoms with Gasteiger partial charge < -0.3 is 9.84 Å². The van der Waals surface area contributed by atoms with E-state index < -0.39 is 17.8 Å². The Bertz CT molecular complexity index is 414. The van der Waals surface area contributed by atoms with Gasteiger partial charge in [-0.15, -0.1) is 0 Å². The summed E-state index contributed by atoms with van der Waals surface area (Å²) in [5.41, 5.74) is 0. The first-order valence-corrected chi connectivity index (χ1v) is 9.54. The number of carboxylic acids is 1. The van der Waals surface area contributed by atoms with Crippen molar-refractivity contribution in [2.24, 2.45) is 17.8 Å². The zero-order chi connectivity index (χ0) is 17.9. The summed E-state index contributed by atoms with van der Waals surface area (Å²) < 4.78 is 5.63. The van der Waals surface area contributed by atoms with Crippen LogP contribution < -0.4 is 0 Å². The average Bonchev–Trinajstić information content (AvgIpc) is 2.56. The highest BCUT2D eigenvalue weighted by Gasteiger charge is 2.35. The number of ether oxygens (including phenoxy) is 1. The lowest BCUT2D eigenvalue weighted by Gasteiger charge is -2.26. The molecule has 0 fully saturated rings. The molecule has 0 spiro atoms. The van der Waals surface area contributed by atoms with Crippen molar-refractivity contribution in [1.29, 1.82) is 0 Å². The predicted molar refractivity (Wildman–Crippen MR) is 95.7 cm³/mol. The quantitative estimate of drug-likeness (QED) is 0.328. The Morgan fingerprint density at radius 2 is 1.62 bits per heavy atom. The number of hydrogen-bond donors (Lipinski definition) is 1. The minimum Gasteiger partial charge on any atom is -0.481 e. The van der Waals surface area contributed by atoms with Gasteiger partial charge in [0.1, 0.15) is 6.10 Å². The van der Waals surface area contributed by atoms with Crippen LogP contribution in [0.25, 0.3) is 0 Å². The molecule has 0 saturated carbocycles. The lowest BCUT2D eigenvalue weighted by molar-refractivity contribution is -0.162. The maximum absolute atomic E-state index is 12.4. The lowest BCUT2D eigenvalue weighted by Crippen LogP contribution is -2.34. The highest BCUT2D eigenvalue weighted by atomic mass is 16.5. The number of hydrogen-bond acceptors (Lipinski definition) is 3. The van der Waals surface area contributed by atoms with Crippen LogP contribution >= 0.6 is 0 Å². The summed E-state index contributed by atoms with van der Waals surface area (Å²) in [5, 5.41) is 9.27. The number of carbonyl (C=O) groups excluding carboxylic acids is 1. The van der Waals surface area contributed by atoms with Gasteiger partial charge in [-0.2, -0.15) is 0 Å². The summed E-state index contributed by atoms with van der Waals surface area (Å²) in [6, 6.07) is 0. The van der Waals surface area contributed by atoms with Gasteiger partial charge in [-0.1, -0.05) is 58.6 Å². The first kappa shape index (κ1) is 20.7. The fourth-order valence-corrected chi connectivity index (χ4v) is 3.22. The third-order valence-electron chi connectivity index (χ3n) is 4.85. The number of allylic oxidation sites excluding steroid dienone is 2. The highest BCUT2D eigenvalue weighted by Crippen LogP contribution is 2.28. The van der Waals surface area contributed by atoms with E-state index in [0.29, 0.717) is 12.8 Å². The summed E-state index contributed by atoms with van der Waals surface area (Å²) in [5.74, 6) is -1.65. The second-order valence-electron chi connectivity index (χ2n) is 7.35. The lowest BCUT2D eigenvalue weighted by atomic mass is 9.83. The fourth-order valence-electron chi connectivity index (χ4n) is 3.22. The molecule has 4 nitrogen and oxygen atoms in total. The number of carboxylic acid groups (broad SMARTS) is 1. The van der Waals surface area contributed by atoms with Crippen LogP contribution in [0.1, 0.15) is 78.6 Å². The summed E-state index contributed by atoms with van der Waals surface area (Å²) in [4.78, 5) is 23.7. The summed E-state index contributed by atoms with van der Waals surface area (Å²) in [6.45, 7) is 6.51. The smallest absolute Gasteiger partial charge is 0.310 e. The molecular formula is C20H34O4. The van der Waals surface area contributed by atoms with E-state index in [-0.39, 0.29) is 12.1 Å². The first-order valence-electron chi connectivity index (χ1n) is 9.54. The zero-order valence-corrected chi connectivity index (χ0v) is 15.5. The van der Waals surface area contributed by atoms with Crippen molar-refractivity contribution in [3.8, 4) is 0 Å². The van der Waals surface area contributed by atoms with Gasteiger partial charge in [-0.05, 0) is 38.0 Å². The Morgan fingerprint density at radius 3 is 2.17 bits per heavy atom. The Balaban J connectivity index is 2.34. The van der Waals surface area contributed by atoms with Crippen molar-refractivity contribution < 1.29 is 19.4 Å². The molecular weight excluding hydrogens is 304 g/mol. The van der Waals surface area contributed by atoms with E-state index in [9.17, 15) is 14.7 Å². The third-order valence-corrected chi connectivity index (χ3v) is 4.85. The molecule has 1 aliphatic carbocycles. The van der Waals surface area contributed by atoms with Crippen molar-refractivity contribution in [2.45, 2.75) is 84.7 Å². The predicted octanol–water partition coefficient (Wildman–Crippen LogP) is 4.97. The molecule has 138 valence electrons. The molecule has 0 aromatic rings. The van der Waals surface area contributed by atoms with E-state index >= 15 is 0 Å². The van der Waals surface area contributed by atoms with Crippen LogP contribution in [-0.2, 0) is 14.3 Å². The van der Waals surface area contributed by atoms with Gasteiger partial charge >= 0.3 is 11.9 Å². The topological polar surface area (TPSA) is 63.6 Å². The molecule has 1 aliphatic rings. The fraction of sp³-hybridized carbons (Fsp3) is 0.800. The zero-order valence-electron chi connectivity index (χ0n) is 15.5. The van der Waals surface area contributed by atoms with E-state index in [0.717, 1.165) is 25.2 Å². The van der Waals surface area contributed by atoms with Gasteiger partial charge in [0.05, 0.1) is 11.8 Å². The van der Waals surface area contributed by atoms with Crippen molar-refractivity contribution in [3.05, 3.63) is 12.2 Å². The third kappa shape index (κ3) is 7.50. The Kier molecular flexibility index (Phi) is 9.73. The standard InChI is InChI=1S/C20H34O4/c1-4-16(12-8-6-5-7-11-15(2)3)24-20(23)18-14-10-9-13-17(18)19(21)22/h9-10,15-18H,4-8,11-14H2,1-3H3,(H,21,22). The molecule has 24 heavy (non-hydrogen) atoms. The van der Waals surface area contributed by atoms with Crippen LogP contribution in [0.15, 0.2) is 12.2 Å². The van der Waals surface area contributed by atoms with Gasteiger partial charge in [0.2, 0.25) is 0 Å². The van der Waals surface area contributed by atoms with Gasteiger partial charge in [-0.25, -0.2) is 0 Å². The summed E-state index contributed by atoms with van der Waals surface area (Å²) in [6.07, 6.45) is 12.2. The van der Waals surface area contributed by atoms with E-state index in [1.165, 1.54) is 25.7 Å². The molecule has 3 unspecified atom stereocenters. The molecule has 0 aromatic carbocycles. The molecule has 0 bridgehead atoms. The maximum atomic E-state index is 12.4. The van der Waals surface area contributed by atoms with E-state index in [2.05, 4.69) is 13.8 Å². The van der Waals surface area contributed by atoms with Crippen LogP contribution in [0.4, 0.5) is 0 Å². The average molecular weight is 338 g/mol. The van der Waals surface area contributed by atoms with Crippen LogP contribution in [0.3, 0.4) is 0 Å². The molecule has 4 heteroatoms. The van der Waals surface area contributed by atoms with Gasteiger partial charge in [0, 0.05) is 0 Å². The van der Waals surface area contributed by atoms with E-state index in [4.69, 9.17) is 4.74 Å². The Labute approximate surface area is 146 Å². The van der Waals surface area contributed by atoms with Crippen molar-refractivity contribution in [2.75, 3.05) is 0 Å². The normalized spacial score (nSPS) is 21.7. The molecule has 0 heterocycles. The van der Waals surface area contributed by atoms with Crippen molar-refractivity contribution in [1.82, 2.24) is 0 Å². The second-order valence-corrected chi connectivity index (χ2v) is 7.35. The van der Waals surface area contributed by atoms with Gasteiger partial charge in [-0.3, -0.25) is 9.59 Å². The second kappa shape index (κ2) is 11.3. The number of esters is 1. The SMILES string of the molecule is CCC(CCCCCCC(C)C)OC(=O)C1CC=CCC1C(=O)O. The molecule has 0 saturated heterocycles. The van der Waals surface area contributed by atoms with E-state index in [1.807, 2.05) is 19.1 Å². The molecule has 3 atom stereocenters. The molecule has 0 aliphatic heterocycles. The minimum absolute atomic E-state index is 0.0806. The summed E-state index contributed by atoms with van der Waals surface area (Å²) >= 11 is 0. The van der Waals surface area contributed by atoms with E-state index in [1.54, 1.807) is 0 Å². The van der Waals surface area contributed by atoms with Gasteiger partial charge in [0.15, 0.2) is 0 Å². The van der Waals surface area contributed by atoms with Crippen LogP contribution in [0, 0.1) is 17.8 Å². The largest absolute Gasteiger partial charge is 0.481 e. The number of unbranched alkanes of at least 4 members (excludes halogenated alkanes) is 3. The molecule has 0 radical (unpaired) electrons. The maximum Gasteiger partial charge on any atom is 0.310 e. The Morgan fingerprint density at radius 1 is 1.04 bits per heavy atom. The highest BCUT2D eigenvalue weighted by molar-refractivity contribution is 5.81. The molecule has 0 aromatic heterocycles. The summed E-state index contributed by atoms with van der Waals surface area (Å²) in [7, 11) is 0. The minimum atomic E-state index is -0.903.